The van der Waals surface area contributed by atoms with Crippen molar-refractivity contribution in [2.75, 3.05) is 0 Å². The largest absolute Gasteiger partial charge is 0.504 e. The normalized spacial score (nSPS) is 11.1. The number of rotatable bonds is 25. The summed E-state index contributed by atoms with van der Waals surface area (Å²) < 4.78 is 227. The lowest BCUT2D eigenvalue weighted by molar-refractivity contribution is -0.138. The van der Waals surface area contributed by atoms with Crippen LogP contribution in [0, 0.1) is 33.5 Å². The maximum absolute atomic E-state index is 13.2. The molecule has 5 aromatic heterocycles. The van der Waals surface area contributed by atoms with Crippen molar-refractivity contribution in [2.24, 2.45) is 0 Å². The van der Waals surface area contributed by atoms with Crippen molar-refractivity contribution in [1.29, 1.82) is 0 Å². The van der Waals surface area contributed by atoms with Gasteiger partial charge in [0.25, 0.3) is 11.8 Å². The molecule has 0 aliphatic carbocycles. The minimum Gasteiger partial charge on any atom is -0.504 e. The van der Waals surface area contributed by atoms with E-state index in [0.717, 1.165) is 71.8 Å². The molecule has 9 aromatic carbocycles. The Kier molecular flexibility index (Phi) is 42.2. The van der Waals surface area contributed by atoms with Crippen LogP contribution >= 0.6 is 58.0 Å². The summed E-state index contributed by atoms with van der Waals surface area (Å²) in [4.78, 5) is 114. The predicted molar refractivity (Wildman–Crippen MR) is 494 cm³/mol. The fourth-order valence-electron chi connectivity index (χ4n) is 11.9. The first-order valence-corrected chi connectivity index (χ1v) is 43.8. The number of phenols is 4. The van der Waals surface area contributed by atoms with E-state index >= 15 is 0 Å². The molecule has 0 atom stereocenters. The molecule has 7 amide bonds. The molecule has 0 saturated heterocycles. The van der Waals surface area contributed by atoms with Gasteiger partial charge in [-0.2, -0.15) is 65.9 Å². The fourth-order valence-corrected chi connectivity index (χ4v) is 13.0. The van der Waals surface area contributed by atoms with Gasteiger partial charge in [0.1, 0.15) is 22.9 Å². The van der Waals surface area contributed by atoms with E-state index in [0.29, 0.717) is 63.7 Å². The molecule has 0 aliphatic rings. The molecule has 14 N–H and O–H groups in total. The first kappa shape index (κ1) is 117. The van der Waals surface area contributed by atoms with Gasteiger partial charge in [-0.1, -0.05) is 135 Å². The third-order valence-corrected chi connectivity index (χ3v) is 21.0. The van der Waals surface area contributed by atoms with Crippen LogP contribution < -0.4 is 54.5 Å². The van der Waals surface area contributed by atoms with E-state index in [-0.39, 0.29) is 148 Å². The lowest BCUT2D eigenvalue weighted by Gasteiger charge is -2.11. The van der Waals surface area contributed by atoms with Crippen molar-refractivity contribution < 1.29 is 147 Å². The fraction of sp³-hybridized carbons (Fsp3) is 0.215. The van der Waals surface area contributed by atoms with Crippen molar-refractivity contribution >= 4 is 99.4 Å². The number of phenolic OH excluding ortho intramolecular Hbond substituents is 4. The van der Waals surface area contributed by atoms with Crippen LogP contribution in [0.4, 0.5) is 70.2 Å². The predicted octanol–water partition coefficient (Wildman–Crippen LogP) is 18.5. The first-order valence-electron chi connectivity index (χ1n) is 41.9. The summed E-state index contributed by atoms with van der Waals surface area (Å²) in [5, 5.41) is 76.5. The van der Waals surface area contributed by atoms with Crippen LogP contribution in [0.1, 0.15) is 166 Å². The molecule has 148 heavy (non-hydrogen) atoms. The van der Waals surface area contributed by atoms with E-state index in [4.69, 9.17) is 67.1 Å². The zero-order valence-electron chi connectivity index (χ0n) is 76.2. The average molecular weight is 2190 g/mol. The van der Waals surface area contributed by atoms with Crippen LogP contribution in [0.25, 0.3) is 0 Å². The van der Waals surface area contributed by atoms with E-state index in [1.807, 2.05) is 28.3 Å². The second-order valence-electron chi connectivity index (χ2n) is 30.6. The standard InChI is InChI=1S/C17H15ClF3NO3.C17H16F3NO3.2C13H10ClF3N2O2.C11H7ClF3N3O3.C11H10ClN3O3.C11H10FN3O3/c18-13-4-1-11(7-12(13)17(19,20)21)9-22-16(25)6-3-10-2-5-14(23)15(24)8-10;18-17(19,20)13-3-1-2-12(8-13)10-21-16(24)7-5-11-4-6-14(22)15(23)9-11;1-7-9(6-19-21-7)12(20)18-5-8-2-3-11(14)10(4-8)13(15,16)17;1-7-4-11(19-21-7)12(20)18-6-8-2-3-10(14)9(5-8)13(15,16)17;12-7-2-1-5(3-6(7)11(13,14)15)4-16-8(19)9-17-18-10(20)21-9;1-6-4-8(12)3-2-7(6)5-13-9(16)10-14-15-11(17)18-10;1-6-2-3-7(4-8(6)12)5-13-9(16)10-14-15-11(17)18-10/h1-2,4-5,7-8,23-24H,3,6,9H2,(H,22,25);1-4,6,8-9,22-23H,5,7,10H2,(H,21,24);2-4,6H,5H2,1H3,(H,18,20);2-5H,6H2,1H3,(H,18,20);1-3H,4H2,(H,16,19)(H,18,20);2*2-4H,5H2,1H3,(H,13,16)(H,15,17). The van der Waals surface area contributed by atoms with E-state index < -0.39 is 121 Å². The number of carbonyl (C=O) groups excluding carboxylic acids is 7. The van der Waals surface area contributed by atoms with Gasteiger partial charge < -0.3 is 79.9 Å². The van der Waals surface area contributed by atoms with Crippen molar-refractivity contribution in [3.8, 4) is 23.0 Å². The first-order chi connectivity index (χ1) is 69.4. The molecule has 786 valence electrons. The summed E-state index contributed by atoms with van der Waals surface area (Å²) in [6.07, 6.45) is -20.6. The molecule has 0 aliphatic heterocycles. The molecule has 34 nitrogen and oxygen atoms in total. The number of H-pyrrole nitrogens is 3. The van der Waals surface area contributed by atoms with Gasteiger partial charge in [0.2, 0.25) is 11.8 Å². The smallest absolute Gasteiger partial charge is 0.434 e. The van der Waals surface area contributed by atoms with E-state index in [9.17, 15) is 139 Å². The van der Waals surface area contributed by atoms with Gasteiger partial charge in [0.15, 0.2) is 28.7 Å². The van der Waals surface area contributed by atoms with Crippen molar-refractivity contribution in [2.45, 2.75) is 130 Å². The van der Waals surface area contributed by atoms with E-state index in [1.54, 1.807) is 57.2 Å². The number of nitrogens with zero attached hydrogens (tertiary/aromatic N) is 5. The number of halogens is 21. The Labute approximate surface area is 846 Å². The minimum atomic E-state index is -4.59. The number of aromatic hydroxyl groups is 4. The molecule has 0 spiro atoms. The molecular weight excluding hydrogens is 2110 g/mol. The molecular formula is C93H78Cl5F16N15O19. The van der Waals surface area contributed by atoms with Gasteiger partial charge in [-0.15, -0.1) is 15.3 Å². The molecule has 55 heteroatoms. The lowest BCUT2D eigenvalue weighted by atomic mass is 10.1. The van der Waals surface area contributed by atoms with Gasteiger partial charge >= 0.3 is 83.5 Å². The number of benzene rings is 9. The molecule has 0 bridgehead atoms. The highest BCUT2D eigenvalue weighted by molar-refractivity contribution is 6.32. The van der Waals surface area contributed by atoms with Crippen LogP contribution in [0.5, 0.6) is 23.0 Å². The maximum atomic E-state index is 13.2. The zero-order valence-corrected chi connectivity index (χ0v) is 80.0. The highest BCUT2D eigenvalue weighted by atomic mass is 35.5. The number of hydrogen-bond donors (Lipinski definition) is 14. The summed E-state index contributed by atoms with van der Waals surface area (Å²) in [6.45, 7) is 6.74. The topological polar surface area (TPSA) is 513 Å². The monoisotopic (exact) mass is 2190 g/mol. The lowest BCUT2D eigenvalue weighted by Crippen LogP contribution is -2.23. The second kappa shape index (κ2) is 53.2. The average Bonchev–Trinajstić information content (AvgIpc) is 1.04. The van der Waals surface area contributed by atoms with Gasteiger partial charge in [-0.25, -0.2) is 34.1 Å². The number of carbonyl (C=O) groups is 7. The highest BCUT2D eigenvalue weighted by Gasteiger charge is 2.38. The Hall–Kier alpha value is -16.0. The molecule has 0 saturated carbocycles. The third-order valence-electron chi connectivity index (χ3n) is 19.5. The van der Waals surface area contributed by atoms with E-state index in [1.165, 1.54) is 79.0 Å². The second-order valence-corrected chi connectivity index (χ2v) is 32.7. The number of alkyl halides is 15. The quantitative estimate of drug-likeness (QED) is 0.0187. The molecule has 5 heterocycles. The molecule has 0 radical (unpaired) electrons. The van der Waals surface area contributed by atoms with Crippen LogP contribution in [0.15, 0.2) is 219 Å². The highest BCUT2D eigenvalue weighted by Crippen LogP contribution is 2.40. The van der Waals surface area contributed by atoms with Gasteiger partial charge in [0.05, 0.1) is 54.1 Å². The number of aryl methyl sites for hydroxylation is 6. The molecule has 14 rings (SSSR count). The summed E-state index contributed by atoms with van der Waals surface area (Å²) in [6, 6.07) is 38.3. The molecule has 0 unspecified atom stereocenters. The zero-order chi connectivity index (χ0) is 109. The van der Waals surface area contributed by atoms with Crippen molar-refractivity contribution in [3.05, 3.63) is 374 Å². The van der Waals surface area contributed by atoms with Crippen LogP contribution in [-0.2, 0) is 99.1 Å². The maximum Gasteiger partial charge on any atom is 0.434 e. The Morgan fingerprint density at radius 2 is 0.716 bits per heavy atom. The number of nitrogens with one attached hydrogen (secondary N) is 10. The number of hydrogen-bond acceptors (Lipinski definition) is 24. The van der Waals surface area contributed by atoms with Crippen LogP contribution in [-0.4, -0.2) is 103 Å². The Bertz CT molecular complexity index is 7180. The summed E-state index contributed by atoms with van der Waals surface area (Å²) in [5.41, 5.74) is 1.46. The van der Waals surface area contributed by atoms with Crippen molar-refractivity contribution in [1.82, 2.24) is 78.1 Å². The number of aromatic nitrogens is 8. The Balaban J connectivity index is 0.000000211. The van der Waals surface area contributed by atoms with Crippen LogP contribution in [0.2, 0.25) is 25.1 Å². The number of aromatic amines is 3. The summed E-state index contributed by atoms with van der Waals surface area (Å²) in [7, 11) is 0. The van der Waals surface area contributed by atoms with Gasteiger partial charge in [-0.3, -0.25) is 33.6 Å². The third kappa shape index (κ3) is 37.9. The minimum absolute atomic E-state index is 0.00355. The molecule has 14 aromatic rings. The summed E-state index contributed by atoms with van der Waals surface area (Å²) in [5.74, 6) is -7.92. The van der Waals surface area contributed by atoms with Gasteiger partial charge in [-0.05, 0) is 205 Å². The van der Waals surface area contributed by atoms with Gasteiger partial charge in [0, 0.05) is 69.7 Å². The Morgan fingerprint density at radius 3 is 1.05 bits per heavy atom. The molecule has 0 fully saturated rings. The van der Waals surface area contributed by atoms with Crippen molar-refractivity contribution in [3.63, 3.8) is 0 Å². The summed E-state index contributed by atoms with van der Waals surface area (Å²) >= 11 is 27.9. The SMILES string of the molecule is Cc1cc(C(=O)NCc2ccc(Cl)c(C(F)(F)F)c2)no1.Cc1cc(Cl)ccc1CNC(=O)c1n[nH]c(=O)o1.Cc1ccc(CNC(=O)c2n[nH]c(=O)o2)cc1F.Cc1oncc1C(=O)NCc1ccc(Cl)c(C(F)(F)F)c1.O=C(CCc1ccc(O)c(O)c1)NCc1ccc(Cl)c(C(F)(F)F)c1.O=C(CCc1ccc(O)c(O)c1)NCc1cccc(C(F)(F)F)c1.O=C(NCc1ccc(Cl)c(C(F)(F)F)c1)c1n[nH]c(=O)o1. The number of amides is 7. The van der Waals surface area contributed by atoms with Crippen LogP contribution in [0.3, 0.4) is 0 Å². The Morgan fingerprint density at radius 1 is 0.358 bits per heavy atom. The van der Waals surface area contributed by atoms with E-state index in [2.05, 4.69) is 76.1 Å².